The van der Waals surface area contributed by atoms with Gasteiger partial charge >= 0.3 is 6.18 Å². The van der Waals surface area contributed by atoms with E-state index in [0.29, 0.717) is 5.56 Å². The highest BCUT2D eigenvalue weighted by atomic mass is 19.4. The largest absolute Gasteiger partial charge is 0.508 e. The predicted molar refractivity (Wildman–Crippen MR) is 47.7 cm³/mol. The highest BCUT2D eigenvalue weighted by Crippen LogP contribution is 2.29. The molecule has 0 atom stereocenters. The van der Waals surface area contributed by atoms with Gasteiger partial charge in [-0.05, 0) is 25.1 Å². The average molecular weight is 202 g/mol. The molecule has 1 N–H and O–H groups in total. The van der Waals surface area contributed by atoms with Crippen molar-refractivity contribution in [2.45, 2.75) is 13.1 Å². The standard InChI is InChI=1S/C10H9F3O/c1-2-9(14)7-3-5-8(6-4-7)10(11,12)13/h2-6,14H,1H3. The first kappa shape index (κ1) is 10.6. The number of hydrogen-bond acceptors (Lipinski definition) is 1. The van der Waals surface area contributed by atoms with Crippen LogP contribution in [0.1, 0.15) is 18.1 Å². The van der Waals surface area contributed by atoms with Gasteiger partial charge in [0.15, 0.2) is 0 Å². The Kier molecular flexibility index (Phi) is 2.84. The SMILES string of the molecule is CC=C(O)c1ccc(C(F)(F)F)cc1. The second-order valence-electron chi connectivity index (χ2n) is 2.75. The van der Waals surface area contributed by atoms with Gasteiger partial charge in [0.1, 0.15) is 5.76 Å². The monoisotopic (exact) mass is 202 g/mol. The van der Waals surface area contributed by atoms with Crippen LogP contribution in [-0.2, 0) is 6.18 Å². The molecule has 1 rings (SSSR count). The lowest BCUT2D eigenvalue weighted by atomic mass is 10.1. The number of allylic oxidation sites excluding steroid dienone is 1. The molecular weight excluding hydrogens is 193 g/mol. The van der Waals surface area contributed by atoms with Gasteiger partial charge in [-0.3, -0.25) is 0 Å². The minimum atomic E-state index is -4.33. The molecule has 0 radical (unpaired) electrons. The summed E-state index contributed by atoms with van der Waals surface area (Å²) in [5, 5.41) is 9.20. The number of hydrogen-bond donors (Lipinski definition) is 1. The third-order valence-electron chi connectivity index (χ3n) is 1.78. The van der Waals surface area contributed by atoms with Gasteiger partial charge in [0.2, 0.25) is 0 Å². The van der Waals surface area contributed by atoms with Crippen molar-refractivity contribution in [3.8, 4) is 0 Å². The fourth-order valence-corrected chi connectivity index (χ4v) is 0.997. The van der Waals surface area contributed by atoms with Crippen molar-refractivity contribution in [2.75, 3.05) is 0 Å². The Bertz CT molecular complexity index is 335. The van der Waals surface area contributed by atoms with Crippen molar-refractivity contribution in [1.29, 1.82) is 0 Å². The highest BCUT2D eigenvalue weighted by molar-refractivity contribution is 5.58. The van der Waals surface area contributed by atoms with Crippen molar-refractivity contribution in [2.24, 2.45) is 0 Å². The zero-order valence-corrected chi connectivity index (χ0v) is 7.47. The molecular formula is C10H9F3O. The van der Waals surface area contributed by atoms with E-state index in [1.54, 1.807) is 6.92 Å². The summed E-state index contributed by atoms with van der Waals surface area (Å²) in [5.41, 5.74) is -0.342. The normalized spacial score (nSPS) is 13.0. The Morgan fingerprint density at radius 2 is 1.71 bits per heavy atom. The molecule has 0 aliphatic rings. The van der Waals surface area contributed by atoms with E-state index in [-0.39, 0.29) is 5.76 Å². The molecule has 0 aliphatic heterocycles. The summed E-state index contributed by atoms with van der Waals surface area (Å²) in [6.07, 6.45) is -2.91. The summed E-state index contributed by atoms with van der Waals surface area (Å²) in [4.78, 5) is 0. The molecule has 0 saturated heterocycles. The maximum Gasteiger partial charge on any atom is 0.416 e. The molecule has 0 aliphatic carbocycles. The van der Waals surface area contributed by atoms with Gasteiger partial charge in [-0.2, -0.15) is 13.2 Å². The summed E-state index contributed by atoms with van der Waals surface area (Å²) in [6, 6.07) is 4.35. The van der Waals surface area contributed by atoms with Crippen LogP contribution in [0.4, 0.5) is 13.2 Å². The van der Waals surface area contributed by atoms with Gasteiger partial charge in [-0.1, -0.05) is 12.1 Å². The van der Waals surface area contributed by atoms with E-state index in [2.05, 4.69) is 0 Å². The molecule has 1 aromatic carbocycles. The van der Waals surface area contributed by atoms with Crippen molar-refractivity contribution in [3.05, 3.63) is 41.5 Å². The van der Waals surface area contributed by atoms with Crippen LogP contribution in [0.5, 0.6) is 0 Å². The Labute approximate surface area is 79.5 Å². The van der Waals surface area contributed by atoms with E-state index < -0.39 is 11.7 Å². The number of rotatable bonds is 1. The minimum absolute atomic E-state index is 0.0290. The molecule has 1 nitrogen and oxygen atoms in total. The van der Waals surface area contributed by atoms with E-state index in [4.69, 9.17) is 0 Å². The first-order valence-electron chi connectivity index (χ1n) is 3.98. The van der Waals surface area contributed by atoms with E-state index in [1.807, 2.05) is 0 Å². The van der Waals surface area contributed by atoms with Crippen LogP contribution in [-0.4, -0.2) is 5.11 Å². The van der Waals surface area contributed by atoms with Gasteiger partial charge in [0.05, 0.1) is 5.56 Å². The van der Waals surface area contributed by atoms with Gasteiger partial charge in [0.25, 0.3) is 0 Å². The Hall–Kier alpha value is -1.45. The molecule has 0 amide bonds. The first-order chi connectivity index (χ1) is 6.45. The van der Waals surface area contributed by atoms with Crippen LogP contribution in [0.3, 0.4) is 0 Å². The van der Waals surface area contributed by atoms with E-state index in [9.17, 15) is 18.3 Å². The van der Waals surface area contributed by atoms with Crippen molar-refractivity contribution >= 4 is 5.76 Å². The quantitative estimate of drug-likeness (QED) is 0.689. The summed E-state index contributed by atoms with van der Waals surface area (Å²) < 4.78 is 36.4. The van der Waals surface area contributed by atoms with Gasteiger partial charge in [0, 0.05) is 5.56 Å². The molecule has 0 fully saturated rings. The van der Waals surface area contributed by atoms with Crippen LogP contribution >= 0.6 is 0 Å². The highest BCUT2D eigenvalue weighted by Gasteiger charge is 2.29. The molecule has 76 valence electrons. The number of benzene rings is 1. The Balaban J connectivity index is 3.01. The third kappa shape index (κ3) is 2.28. The average Bonchev–Trinajstić information content (AvgIpc) is 2.15. The second kappa shape index (κ2) is 3.74. The molecule has 0 saturated carbocycles. The van der Waals surface area contributed by atoms with Crippen LogP contribution < -0.4 is 0 Å². The number of alkyl halides is 3. The molecule has 14 heavy (non-hydrogen) atoms. The zero-order valence-electron chi connectivity index (χ0n) is 7.47. The van der Waals surface area contributed by atoms with Gasteiger partial charge < -0.3 is 5.11 Å². The van der Waals surface area contributed by atoms with E-state index in [1.165, 1.54) is 18.2 Å². The summed E-state index contributed by atoms with van der Waals surface area (Å²) in [5.74, 6) is -0.0290. The third-order valence-corrected chi connectivity index (χ3v) is 1.78. The zero-order chi connectivity index (χ0) is 10.8. The van der Waals surface area contributed by atoms with Crippen LogP contribution in [0.15, 0.2) is 30.3 Å². The maximum absolute atomic E-state index is 12.1. The topological polar surface area (TPSA) is 20.2 Å². The molecule has 0 bridgehead atoms. The number of aliphatic hydroxyl groups is 1. The predicted octanol–water partition coefficient (Wildman–Crippen LogP) is 3.62. The molecule has 0 aromatic heterocycles. The van der Waals surface area contributed by atoms with Gasteiger partial charge in [-0.15, -0.1) is 0 Å². The first-order valence-corrected chi connectivity index (χ1v) is 3.98. The molecule has 0 unspecified atom stereocenters. The number of aliphatic hydroxyl groups excluding tert-OH is 1. The Morgan fingerprint density at radius 3 is 2.07 bits per heavy atom. The smallest absolute Gasteiger partial charge is 0.416 e. The van der Waals surface area contributed by atoms with Crippen molar-refractivity contribution in [3.63, 3.8) is 0 Å². The van der Waals surface area contributed by atoms with Gasteiger partial charge in [-0.25, -0.2) is 0 Å². The van der Waals surface area contributed by atoms with Crippen LogP contribution in [0.25, 0.3) is 5.76 Å². The number of halogens is 3. The van der Waals surface area contributed by atoms with E-state index in [0.717, 1.165) is 12.1 Å². The lowest BCUT2D eigenvalue weighted by Gasteiger charge is -2.06. The molecule has 1 aromatic rings. The van der Waals surface area contributed by atoms with Crippen LogP contribution in [0.2, 0.25) is 0 Å². The van der Waals surface area contributed by atoms with E-state index >= 15 is 0 Å². The van der Waals surface area contributed by atoms with Crippen molar-refractivity contribution < 1.29 is 18.3 Å². The summed E-state index contributed by atoms with van der Waals surface area (Å²) in [6.45, 7) is 1.60. The fraction of sp³-hybridized carbons (Fsp3) is 0.200. The minimum Gasteiger partial charge on any atom is -0.508 e. The summed E-state index contributed by atoms with van der Waals surface area (Å²) in [7, 11) is 0. The molecule has 0 spiro atoms. The lowest BCUT2D eigenvalue weighted by Crippen LogP contribution is -2.04. The lowest BCUT2D eigenvalue weighted by molar-refractivity contribution is -0.137. The Morgan fingerprint density at radius 1 is 1.21 bits per heavy atom. The second-order valence-corrected chi connectivity index (χ2v) is 2.75. The van der Waals surface area contributed by atoms with Crippen molar-refractivity contribution in [1.82, 2.24) is 0 Å². The molecule has 4 heteroatoms. The van der Waals surface area contributed by atoms with Crippen LogP contribution in [0, 0.1) is 0 Å². The fourth-order valence-electron chi connectivity index (χ4n) is 0.997. The maximum atomic E-state index is 12.1. The summed E-state index contributed by atoms with van der Waals surface area (Å²) >= 11 is 0. The molecule has 0 heterocycles.